The number of hydrogen-bond donors (Lipinski definition) is 2. The lowest BCUT2D eigenvalue weighted by Crippen LogP contribution is -2.32. The summed E-state index contributed by atoms with van der Waals surface area (Å²) in [7, 11) is 0. The van der Waals surface area contributed by atoms with Crippen molar-refractivity contribution < 1.29 is 0 Å². The molecule has 0 aromatic carbocycles. The standard InChI is InChI=1S/C10H19N5S/c1-3-11-10-14-13-9(15(10)4-2)8-7-16-6-5-12-8/h8,12H,3-7H2,1-2H3,(H,11,14). The van der Waals surface area contributed by atoms with Gasteiger partial charge in [-0.2, -0.15) is 11.8 Å². The summed E-state index contributed by atoms with van der Waals surface area (Å²) in [5.41, 5.74) is 0. The fraction of sp³-hybridized carbons (Fsp3) is 0.800. The topological polar surface area (TPSA) is 54.8 Å². The van der Waals surface area contributed by atoms with Crippen molar-refractivity contribution in [1.82, 2.24) is 20.1 Å². The molecule has 2 heterocycles. The molecule has 1 saturated heterocycles. The van der Waals surface area contributed by atoms with E-state index in [4.69, 9.17) is 0 Å². The highest BCUT2D eigenvalue weighted by atomic mass is 32.2. The number of thioether (sulfide) groups is 1. The third kappa shape index (κ3) is 2.32. The van der Waals surface area contributed by atoms with Crippen molar-refractivity contribution >= 4 is 17.7 Å². The van der Waals surface area contributed by atoms with Crippen molar-refractivity contribution in [2.24, 2.45) is 0 Å². The number of nitrogens with one attached hydrogen (secondary N) is 2. The van der Waals surface area contributed by atoms with Crippen LogP contribution in [0.2, 0.25) is 0 Å². The van der Waals surface area contributed by atoms with Crippen molar-refractivity contribution in [3.63, 3.8) is 0 Å². The molecule has 0 bridgehead atoms. The third-order valence-electron chi connectivity index (χ3n) is 2.66. The number of nitrogens with zero attached hydrogens (tertiary/aromatic N) is 3. The van der Waals surface area contributed by atoms with Crippen LogP contribution in [0, 0.1) is 0 Å². The van der Waals surface area contributed by atoms with Gasteiger partial charge in [-0.05, 0) is 13.8 Å². The lowest BCUT2D eigenvalue weighted by atomic mass is 10.3. The molecular formula is C10H19N5S. The van der Waals surface area contributed by atoms with Crippen LogP contribution in [0.5, 0.6) is 0 Å². The minimum atomic E-state index is 0.346. The lowest BCUT2D eigenvalue weighted by molar-refractivity contribution is 0.531. The Hall–Kier alpha value is -0.750. The van der Waals surface area contributed by atoms with Crippen molar-refractivity contribution in [3.05, 3.63) is 5.82 Å². The average molecular weight is 241 g/mol. The molecule has 0 saturated carbocycles. The van der Waals surface area contributed by atoms with Gasteiger partial charge in [-0.15, -0.1) is 10.2 Å². The first-order valence-electron chi connectivity index (χ1n) is 5.84. The van der Waals surface area contributed by atoms with Gasteiger partial charge < -0.3 is 10.6 Å². The molecule has 16 heavy (non-hydrogen) atoms. The first kappa shape index (κ1) is 11.7. The van der Waals surface area contributed by atoms with Gasteiger partial charge in [0.2, 0.25) is 5.95 Å². The summed E-state index contributed by atoms with van der Waals surface area (Å²) < 4.78 is 2.16. The van der Waals surface area contributed by atoms with Gasteiger partial charge in [-0.1, -0.05) is 0 Å². The molecule has 0 spiro atoms. The van der Waals surface area contributed by atoms with E-state index in [1.165, 1.54) is 5.75 Å². The van der Waals surface area contributed by atoms with Gasteiger partial charge in [0, 0.05) is 31.1 Å². The Balaban J connectivity index is 2.18. The highest BCUT2D eigenvalue weighted by Crippen LogP contribution is 2.22. The zero-order valence-corrected chi connectivity index (χ0v) is 10.7. The maximum Gasteiger partial charge on any atom is 0.224 e. The largest absolute Gasteiger partial charge is 0.355 e. The highest BCUT2D eigenvalue weighted by molar-refractivity contribution is 7.99. The Labute approximate surface area is 100 Å². The minimum Gasteiger partial charge on any atom is -0.355 e. The van der Waals surface area contributed by atoms with E-state index in [-0.39, 0.29) is 0 Å². The van der Waals surface area contributed by atoms with Crippen molar-refractivity contribution in [1.29, 1.82) is 0 Å². The van der Waals surface area contributed by atoms with Gasteiger partial charge in [0.1, 0.15) is 0 Å². The van der Waals surface area contributed by atoms with Crippen LogP contribution < -0.4 is 10.6 Å². The Morgan fingerprint density at radius 3 is 3.00 bits per heavy atom. The van der Waals surface area contributed by atoms with E-state index >= 15 is 0 Å². The van der Waals surface area contributed by atoms with E-state index in [0.717, 1.165) is 37.2 Å². The third-order valence-corrected chi connectivity index (χ3v) is 3.73. The second-order valence-corrected chi connectivity index (χ2v) is 4.89. The second-order valence-electron chi connectivity index (χ2n) is 3.74. The van der Waals surface area contributed by atoms with E-state index in [2.05, 4.69) is 39.2 Å². The SMILES string of the molecule is CCNc1nnc(C2CSCCN2)n1CC. The maximum atomic E-state index is 4.30. The molecule has 1 unspecified atom stereocenters. The van der Waals surface area contributed by atoms with Crippen molar-refractivity contribution in [2.45, 2.75) is 26.4 Å². The molecule has 2 N–H and O–H groups in total. The van der Waals surface area contributed by atoms with Gasteiger partial charge in [0.05, 0.1) is 6.04 Å². The predicted molar refractivity (Wildman–Crippen MR) is 67.9 cm³/mol. The summed E-state index contributed by atoms with van der Waals surface area (Å²) in [6.45, 7) is 7.05. The van der Waals surface area contributed by atoms with Crippen molar-refractivity contribution in [3.8, 4) is 0 Å². The van der Waals surface area contributed by atoms with Gasteiger partial charge in [-0.3, -0.25) is 4.57 Å². The Bertz CT molecular complexity index is 332. The van der Waals surface area contributed by atoms with Crippen LogP contribution in [-0.4, -0.2) is 39.4 Å². The van der Waals surface area contributed by atoms with E-state index in [9.17, 15) is 0 Å². The molecule has 1 aliphatic heterocycles. The number of aromatic nitrogens is 3. The Morgan fingerprint density at radius 2 is 2.38 bits per heavy atom. The zero-order valence-electron chi connectivity index (χ0n) is 9.86. The fourth-order valence-corrected chi connectivity index (χ4v) is 2.84. The molecule has 5 nitrogen and oxygen atoms in total. The Kier molecular flexibility index (Phi) is 4.06. The van der Waals surface area contributed by atoms with Crippen LogP contribution in [0.15, 0.2) is 0 Å². The van der Waals surface area contributed by atoms with Crippen LogP contribution in [0.4, 0.5) is 5.95 Å². The first-order valence-corrected chi connectivity index (χ1v) is 7.00. The average Bonchev–Trinajstić information content (AvgIpc) is 2.73. The smallest absolute Gasteiger partial charge is 0.224 e. The van der Waals surface area contributed by atoms with E-state index in [1.807, 2.05) is 11.8 Å². The maximum absolute atomic E-state index is 4.30. The zero-order chi connectivity index (χ0) is 11.4. The molecule has 90 valence electrons. The lowest BCUT2D eigenvalue weighted by Gasteiger charge is -2.22. The van der Waals surface area contributed by atoms with Gasteiger partial charge in [-0.25, -0.2) is 0 Å². The molecule has 1 fully saturated rings. The highest BCUT2D eigenvalue weighted by Gasteiger charge is 2.22. The van der Waals surface area contributed by atoms with Crippen LogP contribution in [-0.2, 0) is 6.54 Å². The molecule has 1 aliphatic rings. The summed E-state index contributed by atoms with van der Waals surface area (Å²) in [4.78, 5) is 0. The van der Waals surface area contributed by atoms with E-state index in [1.54, 1.807) is 0 Å². The molecule has 1 atom stereocenters. The van der Waals surface area contributed by atoms with Crippen LogP contribution in [0.25, 0.3) is 0 Å². The van der Waals surface area contributed by atoms with Crippen LogP contribution in [0.3, 0.4) is 0 Å². The van der Waals surface area contributed by atoms with Gasteiger partial charge in [0.25, 0.3) is 0 Å². The molecule has 1 aromatic heterocycles. The van der Waals surface area contributed by atoms with E-state index < -0.39 is 0 Å². The second kappa shape index (κ2) is 5.54. The quantitative estimate of drug-likeness (QED) is 0.827. The predicted octanol–water partition coefficient (Wildman–Crippen LogP) is 1.11. The van der Waals surface area contributed by atoms with Crippen molar-refractivity contribution in [2.75, 3.05) is 29.9 Å². The summed E-state index contributed by atoms with van der Waals surface area (Å²) >= 11 is 1.98. The van der Waals surface area contributed by atoms with Crippen LogP contribution >= 0.6 is 11.8 Å². The molecule has 1 aromatic rings. The molecule has 6 heteroatoms. The summed E-state index contributed by atoms with van der Waals surface area (Å²) in [6.07, 6.45) is 0. The van der Waals surface area contributed by atoms with E-state index in [0.29, 0.717) is 6.04 Å². The molecule has 0 aliphatic carbocycles. The number of anilines is 1. The van der Waals surface area contributed by atoms with Gasteiger partial charge in [0.15, 0.2) is 5.82 Å². The molecule has 0 amide bonds. The number of rotatable bonds is 4. The molecule has 2 rings (SSSR count). The molecular weight excluding hydrogens is 222 g/mol. The van der Waals surface area contributed by atoms with Gasteiger partial charge >= 0.3 is 0 Å². The summed E-state index contributed by atoms with van der Waals surface area (Å²) in [5, 5.41) is 15.2. The normalized spacial score (nSPS) is 21.0. The minimum absolute atomic E-state index is 0.346. The monoisotopic (exact) mass is 241 g/mol. The Morgan fingerprint density at radius 1 is 1.50 bits per heavy atom. The first-order chi connectivity index (χ1) is 7.86. The fourth-order valence-electron chi connectivity index (χ4n) is 1.90. The molecule has 0 radical (unpaired) electrons. The summed E-state index contributed by atoms with van der Waals surface area (Å²) in [5.74, 6) is 4.23. The van der Waals surface area contributed by atoms with Crippen LogP contribution in [0.1, 0.15) is 25.7 Å². The number of hydrogen-bond acceptors (Lipinski definition) is 5. The summed E-state index contributed by atoms with van der Waals surface area (Å²) in [6, 6.07) is 0.346.